The summed E-state index contributed by atoms with van der Waals surface area (Å²) in [5, 5.41) is 12.1. The zero-order valence-corrected chi connectivity index (χ0v) is 12.1. The highest BCUT2D eigenvalue weighted by Crippen LogP contribution is 2.27. The number of aromatic nitrogens is 2. The number of hydrogen-bond acceptors (Lipinski definition) is 4. The summed E-state index contributed by atoms with van der Waals surface area (Å²) in [4.78, 5) is 48.3. The minimum atomic E-state index is -1.26. The number of carbonyl (C=O) groups is 2. The Hall–Kier alpha value is -2.38. The summed E-state index contributed by atoms with van der Waals surface area (Å²) in [6.45, 7) is -0.329. The number of hydrogen-bond donors (Lipinski definition) is 3. The molecule has 0 bridgehead atoms. The first-order chi connectivity index (χ1) is 10.4. The molecule has 1 aromatic heterocycles. The van der Waals surface area contributed by atoms with Gasteiger partial charge < -0.3 is 10.4 Å². The number of nitrogens with zero attached hydrogens (tertiary/aromatic N) is 1. The van der Waals surface area contributed by atoms with E-state index in [0.717, 1.165) is 36.3 Å². The highest BCUT2D eigenvalue weighted by atomic mass is 16.4. The third-order valence-electron chi connectivity index (χ3n) is 3.96. The van der Waals surface area contributed by atoms with Gasteiger partial charge >= 0.3 is 11.7 Å². The molecule has 1 heterocycles. The molecular formula is C14H19N3O5. The largest absolute Gasteiger partial charge is 0.480 e. The fourth-order valence-electron chi connectivity index (χ4n) is 2.75. The molecule has 22 heavy (non-hydrogen) atoms. The first-order valence-corrected chi connectivity index (χ1v) is 7.27. The van der Waals surface area contributed by atoms with Crippen LogP contribution in [0.15, 0.2) is 21.9 Å². The molecule has 0 unspecified atom stereocenters. The molecule has 0 atom stereocenters. The van der Waals surface area contributed by atoms with Crippen LogP contribution >= 0.6 is 0 Å². The monoisotopic (exact) mass is 309 g/mol. The van der Waals surface area contributed by atoms with E-state index in [1.54, 1.807) is 0 Å². The first-order valence-electron chi connectivity index (χ1n) is 7.27. The molecule has 1 amide bonds. The van der Waals surface area contributed by atoms with Crippen molar-refractivity contribution in [2.75, 3.05) is 0 Å². The summed E-state index contributed by atoms with van der Waals surface area (Å²) in [5.74, 6) is -1.60. The molecule has 0 saturated heterocycles. The summed E-state index contributed by atoms with van der Waals surface area (Å²) in [6.07, 6.45) is 5.36. The summed E-state index contributed by atoms with van der Waals surface area (Å²) in [5.41, 5.74) is -2.51. The van der Waals surface area contributed by atoms with Gasteiger partial charge in [-0.3, -0.25) is 19.1 Å². The molecule has 0 aliphatic heterocycles. The van der Waals surface area contributed by atoms with Crippen LogP contribution < -0.4 is 16.6 Å². The van der Waals surface area contributed by atoms with E-state index in [4.69, 9.17) is 0 Å². The van der Waals surface area contributed by atoms with Crippen molar-refractivity contribution in [3.63, 3.8) is 0 Å². The van der Waals surface area contributed by atoms with Crippen molar-refractivity contribution in [2.24, 2.45) is 0 Å². The fraction of sp³-hybridized carbons (Fsp3) is 0.571. The van der Waals surface area contributed by atoms with Crippen LogP contribution in [0, 0.1) is 0 Å². The van der Waals surface area contributed by atoms with E-state index in [0.29, 0.717) is 12.8 Å². The van der Waals surface area contributed by atoms with E-state index in [-0.39, 0.29) is 6.54 Å². The Bertz CT molecular complexity index is 668. The Kier molecular flexibility index (Phi) is 4.79. The van der Waals surface area contributed by atoms with Gasteiger partial charge in [-0.25, -0.2) is 9.59 Å². The Morgan fingerprint density at radius 1 is 1.23 bits per heavy atom. The molecule has 2 rings (SSSR count). The number of carboxylic acid groups (broad SMARTS) is 1. The second-order valence-corrected chi connectivity index (χ2v) is 5.59. The van der Waals surface area contributed by atoms with Gasteiger partial charge in [-0.15, -0.1) is 0 Å². The predicted molar refractivity (Wildman–Crippen MR) is 77.5 cm³/mol. The minimum absolute atomic E-state index is 0.329. The number of carbonyl (C=O) groups excluding carboxylic acids is 1. The number of aliphatic carboxylic acids is 1. The summed E-state index contributed by atoms with van der Waals surface area (Å²) < 4.78 is 1.03. The van der Waals surface area contributed by atoms with Gasteiger partial charge in [-0.05, 0) is 12.8 Å². The molecule has 0 spiro atoms. The molecule has 0 radical (unpaired) electrons. The van der Waals surface area contributed by atoms with Crippen molar-refractivity contribution in [1.29, 1.82) is 0 Å². The van der Waals surface area contributed by atoms with E-state index < -0.39 is 28.7 Å². The number of aromatic amines is 1. The second-order valence-electron chi connectivity index (χ2n) is 5.59. The quantitative estimate of drug-likeness (QED) is 0.667. The lowest BCUT2D eigenvalue weighted by Crippen LogP contribution is -2.55. The summed E-state index contributed by atoms with van der Waals surface area (Å²) >= 11 is 0. The number of nitrogens with one attached hydrogen (secondary N) is 2. The van der Waals surface area contributed by atoms with Crippen molar-refractivity contribution < 1.29 is 14.7 Å². The average Bonchev–Trinajstić information content (AvgIpc) is 2.68. The van der Waals surface area contributed by atoms with Gasteiger partial charge in [-0.1, -0.05) is 25.7 Å². The van der Waals surface area contributed by atoms with E-state index in [1.807, 2.05) is 4.98 Å². The predicted octanol–water partition coefficient (Wildman–Crippen LogP) is -0.170. The molecule has 1 fully saturated rings. The molecule has 1 aromatic rings. The number of carboxylic acids is 1. The summed E-state index contributed by atoms with van der Waals surface area (Å²) in [6, 6.07) is 1.13. The van der Waals surface area contributed by atoms with Crippen LogP contribution in [0.1, 0.15) is 38.5 Å². The van der Waals surface area contributed by atoms with Crippen molar-refractivity contribution in [3.8, 4) is 0 Å². The van der Waals surface area contributed by atoms with Crippen LogP contribution in [-0.2, 0) is 16.1 Å². The average molecular weight is 309 g/mol. The van der Waals surface area contributed by atoms with Crippen LogP contribution in [0.25, 0.3) is 0 Å². The molecule has 1 aliphatic rings. The Labute approximate surface area is 126 Å². The van der Waals surface area contributed by atoms with E-state index in [1.165, 1.54) is 6.20 Å². The van der Waals surface area contributed by atoms with Gasteiger partial charge in [0.25, 0.3) is 5.56 Å². The number of amides is 1. The molecule has 1 saturated carbocycles. The SMILES string of the molecule is O=C(Cn1ccc(=O)[nH]c1=O)NC1(C(=O)O)CCCCCC1. The molecule has 8 heteroatoms. The van der Waals surface area contributed by atoms with Crippen LogP contribution in [0.3, 0.4) is 0 Å². The maximum atomic E-state index is 12.1. The first kappa shape index (κ1) is 16.0. The Balaban J connectivity index is 2.13. The lowest BCUT2D eigenvalue weighted by Gasteiger charge is -2.29. The molecule has 8 nitrogen and oxygen atoms in total. The normalized spacial score (nSPS) is 17.5. The lowest BCUT2D eigenvalue weighted by atomic mass is 9.90. The highest BCUT2D eigenvalue weighted by molar-refractivity contribution is 5.86. The Morgan fingerprint density at radius 3 is 2.41 bits per heavy atom. The molecular weight excluding hydrogens is 290 g/mol. The fourth-order valence-corrected chi connectivity index (χ4v) is 2.75. The van der Waals surface area contributed by atoms with Gasteiger partial charge in [0.1, 0.15) is 12.1 Å². The van der Waals surface area contributed by atoms with Crippen LogP contribution in [0.2, 0.25) is 0 Å². The third-order valence-corrected chi connectivity index (χ3v) is 3.96. The van der Waals surface area contributed by atoms with Crippen LogP contribution in [-0.4, -0.2) is 32.1 Å². The number of rotatable bonds is 4. The minimum Gasteiger partial charge on any atom is -0.480 e. The summed E-state index contributed by atoms with van der Waals surface area (Å²) in [7, 11) is 0. The van der Waals surface area contributed by atoms with Crippen molar-refractivity contribution in [2.45, 2.75) is 50.6 Å². The lowest BCUT2D eigenvalue weighted by molar-refractivity contribution is -0.148. The van der Waals surface area contributed by atoms with Crippen molar-refractivity contribution in [3.05, 3.63) is 33.1 Å². The maximum Gasteiger partial charge on any atom is 0.329 e. The zero-order chi connectivity index (χ0) is 16.2. The van der Waals surface area contributed by atoms with Gasteiger partial charge in [0.15, 0.2) is 0 Å². The van der Waals surface area contributed by atoms with Crippen LogP contribution in [0.4, 0.5) is 0 Å². The zero-order valence-electron chi connectivity index (χ0n) is 12.1. The van der Waals surface area contributed by atoms with E-state index >= 15 is 0 Å². The molecule has 3 N–H and O–H groups in total. The van der Waals surface area contributed by atoms with Gasteiger partial charge in [0, 0.05) is 12.3 Å². The highest BCUT2D eigenvalue weighted by Gasteiger charge is 2.39. The molecule has 120 valence electrons. The topological polar surface area (TPSA) is 121 Å². The van der Waals surface area contributed by atoms with E-state index in [2.05, 4.69) is 5.32 Å². The third kappa shape index (κ3) is 3.63. The maximum absolute atomic E-state index is 12.1. The standard InChI is InChI=1S/C14H19N3O5/c18-10-5-8-17(13(22)15-10)9-11(19)16-14(12(20)21)6-3-1-2-4-7-14/h5,8H,1-4,6-7,9H2,(H,16,19)(H,20,21)(H,15,18,22). The Morgan fingerprint density at radius 2 is 1.86 bits per heavy atom. The van der Waals surface area contributed by atoms with Gasteiger partial charge in [0.05, 0.1) is 0 Å². The van der Waals surface area contributed by atoms with Crippen LogP contribution in [0.5, 0.6) is 0 Å². The van der Waals surface area contributed by atoms with E-state index in [9.17, 15) is 24.3 Å². The smallest absolute Gasteiger partial charge is 0.329 e. The molecule has 0 aromatic carbocycles. The van der Waals surface area contributed by atoms with Gasteiger partial charge in [0.2, 0.25) is 5.91 Å². The van der Waals surface area contributed by atoms with Crippen molar-refractivity contribution in [1.82, 2.24) is 14.9 Å². The molecule has 1 aliphatic carbocycles. The van der Waals surface area contributed by atoms with Gasteiger partial charge in [-0.2, -0.15) is 0 Å². The van der Waals surface area contributed by atoms with Crippen molar-refractivity contribution >= 4 is 11.9 Å². The second kappa shape index (κ2) is 6.59. The number of H-pyrrole nitrogens is 1.